The minimum Gasteiger partial charge on any atom is -0.497 e. The molecule has 4 nitrogen and oxygen atoms in total. The van der Waals surface area contributed by atoms with Crippen LogP contribution in [-0.4, -0.2) is 29.8 Å². The Hall–Kier alpha value is -2.88. The maximum atomic E-state index is 12.8. The number of nitrogens with zero attached hydrogens (tertiary/aromatic N) is 2. The molecular weight excluding hydrogens is 300 g/mol. The second-order valence-electron chi connectivity index (χ2n) is 6.01. The minimum absolute atomic E-state index is 0.0147. The summed E-state index contributed by atoms with van der Waals surface area (Å²) in [6.45, 7) is 0. The molecule has 2 aromatic carbocycles. The molecule has 1 aliphatic heterocycles. The molecule has 0 saturated heterocycles. The molecule has 120 valence electrons. The fourth-order valence-corrected chi connectivity index (χ4v) is 2.88. The van der Waals surface area contributed by atoms with E-state index in [0.717, 1.165) is 35.6 Å². The second-order valence-corrected chi connectivity index (χ2v) is 6.01. The van der Waals surface area contributed by atoms with Gasteiger partial charge in [-0.15, -0.1) is 0 Å². The lowest BCUT2D eigenvalue weighted by Crippen LogP contribution is -2.34. The van der Waals surface area contributed by atoms with Gasteiger partial charge < -0.3 is 4.74 Å². The average Bonchev–Trinajstić information content (AvgIpc) is 3.41. The molecule has 4 rings (SSSR count). The number of methoxy groups -OCH3 is 1. The van der Waals surface area contributed by atoms with E-state index in [4.69, 9.17) is 4.74 Å². The van der Waals surface area contributed by atoms with E-state index in [-0.39, 0.29) is 11.9 Å². The van der Waals surface area contributed by atoms with E-state index in [9.17, 15) is 4.79 Å². The van der Waals surface area contributed by atoms with Gasteiger partial charge in [-0.1, -0.05) is 42.5 Å². The Morgan fingerprint density at radius 3 is 2.62 bits per heavy atom. The molecule has 1 saturated carbocycles. The largest absolute Gasteiger partial charge is 0.497 e. The number of amides is 1. The van der Waals surface area contributed by atoms with E-state index in [1.807, 2.05) is 65.6 Å². The minimum atomic E-state index is -0.0147. The van der Waals surface area contributed by atoms with Crippen LogP contribution in [0.3, 0.4) is 0 Å². The van der Waals surface area contributed by atoms with E-state index >= 15 is 0 Å². The lowest BCUT2D eigenvalue weighted by atomic mass is 10.2. The molecule has 0 spiro atoms. The quantitative estimate of drug-likeness (QED) is 0.810. The van der Waals surface area contributed by atoms with Crippen LogP contribution in [0.25, 0.3) is 6.08 Å². The topological polar surface area (TPSA) is 41.9 Å². The molecule has 4 heteroatoms. The average molecular weight is 318 g/mol. The Morgan fingerprint density at radius 2 is 1.92 bits per heavy atom. The number of hydrogen-bond donors (Lipinski definition) is 0. The van der Waals surface area contributed by atoms with Gasteiger partial charge >= 0.3 is 0 Å². The van der Waals surface area contributed by atoms with Crippen LogP contribution >= 0.6 is 0 Å². The molecule has 1 fully saturated rings. The van der Waals surface area contributed by atoms with Crippen LogP contribution in [0, 0.1) is 0 Å². The van der Waals surface area contributed by atoms with Crippen LogP contribution < -0.4 is 4.74 Å². The summed E-state index contributed by atoms with van der Waals surface area (Å²) in [6.07, 6.45) is 3.92. The fraction of sp³-hybridized carbons (Fsp3) is 0.200. The smallest absolute Gasteiger partial charge is 0.278 e. The van der Waals surface area contributed by atoms with Crippen LogP contribution in [-0.2, 0) is 4.79 Å². The highest BCUT2D eigenvalue weighted by Crippen LogP contribution is 2.34. The first-order valence-corrected chi connectivity index (χ1v) is 8.10. The molecule has 1 heterocycles. The summed E-state index contributed by atoms with van der Waals surface area (Å²) in [5, 5.41) is 0. The molecule has 24 heavy (non-hydrogen) atoms. The van der Waals surface area contributed by atoms with E-state index in [1.54, 1.807) is 7.11 Å². The predicted molar refractivity (Wildman–Crippen MR) is 93.8 cm³/mol. The Bertz CT molecular complexity index is 836. The molecule has 0 aromatic heterocycles. The monoisotopic (exact) mass is 318 g/mol. The maximum absolute atomic E-state index is 12.8. The lowest BCUT2D eigenvalue weighted by molar-refractivity contribution is -0.122. The summed E-state index contributed by atoms with van der Waals surface area (Å²) < 4.78 is 5.25. The van der Waals surface area contributed by atoms with E-state index in [2.05, 4.69) is 4.99 Å². The third-order valence-electron chi connectivity index (χ3n) is 4.23. The van der Waals surface area contributed by atoms with Gasteiger partial charge in [-0.3, -0.25) is 9.69 Å². The van der Waals surface area contributed by atoms with Gasteiger partial charge in [-0.2, -0.15) is 0 Å². The Balaban J connectivity index is 1.74. The first-order chi connectivity index (χ1) is 11.8. The van der Waals surface area contributed by atoms with E-state index in [0.29, 0.717) is 5.70 Å². The number of ether oxygens (including phenoxy) is 1. The van der Waals surface area contributed by atoms with Gasteiger partial charge in [0, 0.05) is 11.6 Å². The molecule has 0 atom stereocenters. The van der Waals surface area contributed by atoms with Gasteiger partial charge in [0.15, 0.2) is 0 Å². The zero-order chi connectivity index (χ0) is 16.5. The van der Waals surface area contributed by atoms with Crippen molar-refractivity contribution in [2.75, 3.05) is 7.11 Å². The van der Waals surface area contributed by atoms with Gasteiger partial charge in [-0.25, -0.2) is 4.99 Å². The Kier molecular flexibility index (Phi) is 3.65. The molecule has 0 unspecified atom stereocenters. The molecular formula is C20H18N2O2. The SMILES string of the molecule is COc1cccc(/C=C2\N=C(c3ccccc3)N(C3CC3)C2=O)c1. The highest BCUT2D eigenvalue weighted by atomic mass is 16.5. The van der Waals surface area contributed by atoms with E-state index in [1.165, 1.54) is 0 Å². The fourth-order valence-electron chi connectivity index (χ4n) is 2.88. The van der Waals surface area contributed by atoms with Crippen molar-refractivity contribution >= 4 is 17.8 Å². The van der Waals surface area contributed by atoms with Crippen LogP contribution in [0.5, 0.6) is 5.75 Å². The third kappa shape index (κ3) is 2.71. The number of amidine groups is 1. The highest BCUT2D eigenvalue weighted by Gasteiger charge is 2.41. The summed E-state index contributed by atoms with van der Waals surface area (Å²) in [5.41, 5.74) is 2.37. The van der Waals surface area contributed by atoms with Gasteiger partial charge in [0.05, 0.1) is 7.11 Å². The van der Waals surface area contributed by atoms with Crippen molar-refractivity contribution in [3.8, 4) is 5.75 Å². The van der Waals surface area contributed by atoms with Crippen LogP contribution in [0.4, 0.5) is 0 Å². The van der Waals surface area contributed by atoms with Gasteiger partial charge in [-0.05, 0) is 36.6 Å². The molecule has 0 bridgehead atoms. The number of aliphatic imine (C=N–C) groups is 1. The van der Waals surface area contributed by atoms with Crippen LogP contribution in [0.2, 0.25) is 0 Å². The summed E-state index contributed by atoms with van der Waals surface area (Å²) in [7, 11) is 1.63. The number of hydrogen-bond acceptors (Lipinski definition) is 3. The van der Waals surface area contributed by atoms with Crippen molar-refractivity contribution < 1.29 is 9.53 Å². The summed E-state index contributed by atoms with van der Waals surface area (Å²) in [5.74, 6) is 1.51. The van der Waals surface area contributed by atoms with Crippen molar-refractivity contribution in [3.63, 3.8) is 0 Å². The van der Waals surface area contributed by atoms with E-state index < -0.39 is 0 Å². The van der Waals surface area contributed by atoms with Gasteiger partial charge in [0.2, 0.25) is 0 Å². The molecule has 1 amide bonds. The van der Waals surface area contributed by atoms with Crippen molar-refractivity contribution in [3.05, 3.63) is 71.4 Å². The van der Waals surface area contributed by atoms with Crippen molar-refractivity contribution in [1.29, 1.82) is 0 Å². The first-order valence-electron chi connectivity index (χ1n) is 8.10. The van der Waals surface area contributed by atoms with Crippen LogP contribution in [0.15, 0.2) is 65.3 Å². The number of benzene rings is 2. The molecule has 0 N–H and O–H groups in total. The molecule has 0 radical (unpaired) electrons. The summed E-state index contributed by atoms with van der Waals surface area (Å²) in [4.78, 5) is 19.3. The van der Waals surface area contributed by atoms with Gasteiger partial charge in [0.1, 0.15) is 17.3 Å². The molecule has 1 aliphatic carbocycles. The Morgan fingerprint density at radius 1 is 1.12 bits per heavy atom. The normalized spacial score (nSPS) is 18.9. The third-order valence-corrected chi connectivity index (χ3v) is 4.23. The summed E-state index contributed by atoms with van der Waals surface area (Å²) in [6, 6.07) is 17.8. The number of carbonyl (C=O) groups excluding carboxylic acids is 1. The zero-order valence-corrected chi connectivity index (χ0v) is 13.5. The summed E-state index contributed by atoms with van der Waals surface area (Å²) >= 11 is 0. The first kappa shape index (κ1) is 14.7. The van der Waals surface area contributed by atoms with Crippen molar-refractivity contribution in [2.45, 2.75) is 18.9 Å². The van der Waals surface area contributed by atoms with Gasteiger partial charge in [0.25, 0.3) is 5.91 Å². The van der Waals surface area contributed by atoms with Crippen molar-refractivity contribution in [1.82, 2.24) is 4.90 Å². The predicted octanol–water partition coefficient (Wildman–Crippen LogP) is 3.49. The maximum Gasteiger partial charge on any atom is 0.278 e. The Labute approximate surface area is 141 Å². The zero-order valence-electron chi connectivity index (χ0n) is 13.5. The lowest BCUT2D eigenvalue weighted by Gasteiger charge is -2.17. The highest BCUT2D eigenvalue weighted by molar-refractivity contribution is 6.20. The molecule has 2 aromatic rings. The molecule has 2 aliphatic rings. The van der Waals surface area contributed by atoms with Crippen LogP contribution in [0.1, 0.15) is 24.0 Å². The standard InChI is InChI=1S/C20H18N2O2/c1-24-17-9-5-6-14(12-17)13-18-20(23)22(16-10-11-16)19(21-18)15-7-3-2-4-8-15/h2-9,12-13,16H,10-11H2,1H3/b18-13-. The van der Waals surface area contributed by atoms with Crippen molar-refractivity contribution in [2.24, 2.45) is 4.99 Å². The number of carbonyl (C=O) groups is 1. The number of rotatable bonds is 4. The second kappa shape index (κ2) is 5.96.